The first-order valence-electron chi connectivity index (χ1n) is 6.64. The molecule has 0 fully saturated rings. The Hall–Kier alpha value is -2.21. The Balaban J connectivity index is 1.98. The fraction of sp³-hybridized carbons (Fsp3) is 0.357. The average molecular weight is 273 g/mol. The van der Waals surface area contributed by atoms with Gasteiger partial charge in [-0.15, -0.1) is 0 Å². The van der Waals surface area contributed by atoms with Crippen molar-refractivity contribution in [1.29, 1.82) is 0 Å². The lowest BCUT2D eigenvalue weighted by Crippen LogP contribution is -2.16. The van der Waals surface area contributed by atoms with Gasteiger partial charge in [0.05, 0.1) is 6.54 Å². The van der Waals surface area contributed by atoms with Gasteiger partial charge in [-0.25, -0.2) is 9.67 Å². The van der Waals surface area contributed by atoms with Crippen LogP contribution in [0.15, 0.2) is 36.9 Å². The van der Waals surface area contributed by atoms with Gasteiger partial charge in [0.1, 0.15) is 12.7 Å². The van der Waals surface area contributed by atoms with Gasteiger partial charge in [0.2, 0.25) is 5.91 Å². The summed E-state index contributed by atoms with van der Waals surface area (Å²) in [6, 6.07) is 7.74. The molecule has 1 aromatic heterocycles. The molecule has 106 valence electrons. The highest BCUT2D eigenvalue weighted by molar-refractivity contribution is 5.91. The molecule has 2 rings (SSSR count). The van der Waals surface area contributed by atoms with E-state index in [4.69, 9.17) is 0 Å². The topological polar surface area (TPSA) is 71.8 Å². The van der Waals surface area contributed by atoms with E-state index in [9.17, 15) is 4.79 Å². The number of nitrogens with one attached hydrogen (secondary N) is 2. The summed E-state index contributed by atoms with van der Waals surface area (Å²) >= 11 is 0. The van der Waals surface area contributed by atoms with Crippen molar-refractivity contribution in [2.45, 2.75) is 19.4 Å². The van der Waals surface area contributed by atoms with Crippen molar-refractivity contribution in [2.75, 3.05) is 18.9 Å². The smallest absolute Gasteiger partial charge is 0.224 e. The van der Waals surface area contributed by atoms with Crippen LogP contribution in [0.3, 0.4) is 0 Å². The molecular weight excluding hydrogens is 254 g/mol. The van der Waals surface area contributed by atoms with Gasteiger partial charge < -0.3 is 10.6 Å². The van der Waals surface area contributed by atoms with Crippen LogP contribution < -0.4 is 10.6 Å². The van der Waals surface area contributed by atoms with Crippen molar-refractivity contribution in [1.82, 2.24) is 20.1 Å². The van der Waals surface area contributed by atoms with Crippen molar-refractivity contribution in [3.8, 4) is 0 Å². The SMILES string of the molecule is CNCCCC(=O)Nc1ccccc1Cn1cncn1. The molecule has 2 N–H and O–H groups in total. The fourth-order valence-corrected chi connectivity index (χ4v) is 1.91. The first-order valence-corrected chi connectivity index (χ1v) is 6.64. The molecule has 1 amide bonds. The van der Waals surface area contributed by atoms with Crippen LogP contribution in [-0.2, 0) is 11.3 Å². The predicted octanol–water partition coefficient (Wildman–Crippen LogP) is 1.26. The average Bonchev–Trinajstić information content (AvgIpc) is 2.94. The maximum Gasteiger partial charge on any atom is 0.224 e. The number of aromatic nitrogens is 3. The first-order chi connectivity index (χ1) is 9.79. The largest absolute Gasteiger partial charge is 0.326 e. The number of hydrogen-bond acceptors (Lipinski definition) is 4. The summed E-state index contributed by atoms with van der Waals surface area (Å²) in [7, 11) is 1.88. The molecule has 0 aliphatic heterocycles. The third-order valence-corrected chi connectivity index (χ3v) is 2.92. The summed E-state index contributed by atoms with van der Waals surface area (Å²) in [5, 5.41) is 10.1. The lowest BCUT2D eigenvalue weighted by Gasteiger charge is -2.11. The van der Waals surface area contributed by atoms with Crippen LogP contribution in [-0.4, -0.2) is 34.3 Å². The number of anilines is 1. The molecule has 0 unspecified atom stereocenters. The van der Waals surface area contributed by atoms with E-state index >= 15 is 0 Å². The van der Waals surface area contributed by atoms with E-state index in [-0.39, 0.29) is 5.91 Å². The van der Waals surface area contributed by atoms with Gasteiger partial charge in [0.25, 0.3) is 0 Å². The van der Waals surface area contributed by atoms with Gasteiger partial charge in [0.15, 0.2) is 0 Å². The summed E-state index contributed by atoms with van der Waals surface area (Å²) in [5.74, 6) is 0.0336. The van der Waals surface area contributed by atoms with E-state index in [1.807, 2.05) is 31.3 Å². The van der Waals surface area contributed by atoms with E-state index < -0.39 is 0 Å². The highest BCUT2D eigenvalue weighted by Crippen LogP contribution is 2.16. The lowest BCUT2D eigenvalue weighted by molar-refractivity contribution is -0.116. The molecule has 0 radical (unpaired) electrons. The molecule has 0 atom stereocenters. The van der Waals surface area contributed by atoms with Gasteiger partial charge >= 0.3 is 0 Å². The normalized spacial score (nSPS) is 10.4. The van der Waals surface area contributed by atoms with Gasteiger partial charge in [-0.05, 0) is 31.6 Å². The third kappa shape index (κ3) is 4.17. The zero-order chi connectivity index (χ0) is 14.2. The first kappa shape index (κ1) is 14.2. The Labute approximate surface area is 118 Å². The maximum absolute atomic E-state index is 11.9. The van der Waals surface area contributed by atoms with Crippen molar-refractivity contribution in [3.63, 3.8) is 0 Å². The van der Waals surface area contributed by atoms with Crippen molar-refractivity contribution < 1.29 is 4.79 Å². The van der Waals surface area contributed by atoms with Crippen LogP contribution in [0.4, 0.5) is 5.69 Å². The fourth-order valence-electron chi connectivity index (χ4n) is 1.91. The van der Waals surface area contributed by atoms with Crippen LogP contribution >= 0.6 is 0 Å². The molecule has 6 heteroatoms. The molecule has 20 heavy (non-hydrogen) atoms. The number of nitrogens with zero attached hydrogens (tertiary/aromatic N) is 3. The molecule has 0 saturated heterocycles. The van der Waals surface area contributed by atoms with Crippen LogP contribution in [0.5, 0.6) is 0 Å². The molecule has 1 heterocycles. The van der Waals surface area contributed by atoms with E-state index in [0.29, 0.717) is 13.0 Å². The van der Waals surface area contributed by atoms with Crippen molar-refractivity contribution >= 4 is 11.6 Å². The number of para-hydroxylation sites is 1. The minimum atomic E-state index is 0.0336. The lowest BCUT2D eigenvalue weighted by atomic mass is 10.1. The number of hydrogen-bond donors (Lipinski definition) is 2. The van der Waals surface area contributed by atoms with E-state index in [2.05, 4.69) is 20.7 Å². The molecule has 6 nitrogen and oxygen atoms in total. The Morgan fingerprint density at radius 2 is 2.20 bits per heavy atom. The zero-order valence-electron chi connectivity index (χ0n) is 11.5. The van der Waals surface area contributed by atoms with Gasteiger partial charge in [-0.2, -0.15) is 5.10 Å². The van der Waals surface area contributed by atoms with E-state index in [0.717, 1.165) is 24.2 Å². The molecule has 0 spiro atoms. The zero-order valence-corrected chi connectivity index (χ0v) is 11.5. The van der Waals surface area contributed by atoms with E-state index in [1.54, 1.807) is 11.0 Å². The summed E-state index contributed by atoms with van der Waals surface area (Å²) in [6.45, 7) is 1.43. The second-order valence-electron chi connectivity index (χ2n) is 4.51. The number of amides is 1. The molecule has 0 bridgehead atoms. The van der Waals surface area contributed by atoms with Crippen LogP contribution in [0, 0.1) is 0 Å². The Bertz CT molecular complexity index is 538. The molecule has 0 aliphatic carbocycles. The molecular formula is C14H19N5O. The number of carbonyl (C=O) groups excluding carboxylic acids is 1. The number of carbonyl (C=O) groups is 1. The van der Waals surface area contributed by atoms with Gasteiger partial charge in [-0.1, -0.05) is 18.2 Å². The molecule has 1 aromatic carbocycles. The Kier molecular flexibility index (Phi) is 5.25. The Morgan fingerprint density at radius 1 is 1.35 bits per heavy atom. The van der Waals surface area contributed by atoms with Crippen molar-refractivity contribution in [3.05, 3.63) is 42.5 Å². The molecule has 2 aromatic rings. The highest BCUT2D eigenvalue weighted by Gasteiger charge is 2.07. The van der Waals surface area contributed by atoms with Crippen LogP contribution in [0.25, 0.3) is 0 Å². The predicted molar refractivity (Wildman–Crippen MR) is 77.4 cm³/mol. The standard InChI is InChI=1S/C14H19N5O/c1-15-8-4-7-14(20)18-13-6-3-2-5-12(13)9-19-11-16-10-17-19/h2-3,5-6,10-11,15H,4,7-9H2,1H3,(H,18,20). The molecule has 0 aliphatic rings. The number of rotatable bonds is 7. The summed E-state index contributed by atoms with van der Waals surface area (Å²) in [4.78, 5) is 15.8. The second kappa shape index (κ2) is 7.40. The van der Waals surface area contributed by atoms with Crippen LogP contribution in [0.1, 0.15) is 18.4 Å². The number of benzene rings is 1. The summed E-state index contributed by atoms with van der Waals surface area (Å²) < 4.78 is 1.73. The monoisotopic (exact) mass is 273 g/mol. The van der Waals surface area contributed by atoms with Crippen LogP contribution in [0.2, 0.25) is 0 Å². The quantitative estimate of drug-likeness (QED) is 0.745. The summed E-state index contributed by atoms with van der Waals surface area (Å²) in [5.41, 5.74) is 1.84. The van der Waals surface area contributed by atoms with Crippen molar-refractivity contribution in [2.24, 2.45) is 0 Å². The highest BCUT2D eigenvalue weighted by atomic mass is 16.1. The summed E-state index contributed by atoms with van der Waals surface area (Å²) in [6.07, 6.45) is 4.50. The van der Waals surface area contributed by atoms with Gasteiger partial charge in [-0.3, -0.25) is 4.79 Å². The molecule has 0 saturated carbocycles. The maximum atomic E-state index is 11.9. The van der Waals surface area contributed by atoms with Gasteiger partial charge in [0, 0.05) is 12.1 Å². The van der Waals surface area contributed by atoms with E-state index in [1.165, 1.54) is 6.33 Å². The third-order valence-electron chi connectivity index (χ3n) is 2.92. The minimum Gasteiger partial charge on any atom is -0.326 e. The Morgan fingerprint density at radius 3 is 2.95 bits per heavy atom. The minimum absolute atomic E-state index is 0.0336. The second-order valence-corrected chi connectivity index (χ2v) is 4.51.